The minimum absolute atomic E-state index is 0.0586. The maximum Gasteiger partial charge on any atom is 0.434 e. The summed E-state index contributed by atoms with van der Waals surface area (Å²) < 4.78 is 5.30. The van der Waals surface area contributed by atoms with Crippen LogP contribution in [-0.4, -0.2) is 44.6 Å². The SMILES string of the molecule is CNc1cc(-c2cc3cc(C(=O)N[C@@H](CN(c4ccccc4)c4ccccn4)c4n[nH]c(=O)o4)ccc3[nH]2)ccn1. The topological polar surface area (TPSA) is 145 Å². The van der Waals surface area contributed by atoms with Gasteiger partial charge in [-0.05, 0) is 60.7 Å². The number of nitrogens with one attached hydrogen (secondary N) is 4. The molecule has 4 aromatic heterocycles. The van der Waals surface area contributed by atoms with Gasteiger partial charge in [-0.25, -0.2) is 19.9 Å². The van der Waals surface area contributed by atoms with Crippen LogP contribution in [0.25, 0.3) is 22.2 Å². The van der Waals surface area contributed by atoms with Gasteiger partial charge in [0.1, 0.15) is 17.7 Å². The van der Waals surface area contributed by atoms with E-state index in [4.69, 9.17) is 4.42 Å². The summed E-state index contributed by atoms with van der Waals surface area (Å²) in [6.07, 6.45) is 3.43. The molecule has 0 aliphatic carbocycles. The Bertz CT molecular complexity index is 1810. The molecule has 11 nitrogen and oxygen atoms in total. The van der Waals surface area contributed by atoms with E-state index < -0.39 is 11.8 Å². The summed E-state index contributed by atoms with van der Waals surface area (Å²) in [6, 6.07) is 25.7. The smallest absolute Gasteiger partial charge is 0.390 e. The Labute approximate surface area is 234 Å². The first kappa shape index (κ1) is 25.6. The van der Waals surface area contributed by atoms with Gasteiger partial charge in [0.25, 0.3) is 5.91 Å². The van der Waals surface area contributed by atoms with Crippen LogP contribution < -0.4 is 21.3 Å². The molecule has 0 spiro atoms. The number of pyridine rings is 2. The van der Waals surface area contributed by atoms with Crippen LogP contribution in [0.3, 0.4) is 0 Å². The van der Waals surface area contributed by atoms with Gasteiger partial charge in [0, 0.05) is 52.9 Å². The second-order valence-electron chi connectivity index (χ2n) is 9.28. The third-order valence-corrected chi connectivity index (χ3v) is 6.63. The second-order valence-corrected chi connectivity index (χ2v) is 9.28. The average molecular weight is 547 g/mol. The summed E-state index contributed by atoms with van der Waals surface area (Å²) in [5, 5.41) is 13.2. The number of H-pyrrole nitrogens is 2. The quantitative estimate of drug-likeness (QED) is 0.205. The van der Waals surface area contributed by atoms with Crippen LogP contribution in [0.5, 0.6) is 0 Å². The largest absolute Gasteiger partial charge is 0.434 e. The van der Waals surface area contributed by atoms with Crippen molar-refractivity contribution in [3.63, 3.8) is 0 Å². The van der Waals surface area contributed by atoms with Crippen LogP contribution in [-0.2, 0) is 0 Å². The van der Waals surface area contributed by atoms with Gasteiger partial charge in [-0.15, -0.1) is 5.10 Å². The van der Waals surface area contributed by atoms with Gasteiger partial charge < -0.3 is 24.9 Å². The first-order chi connectivity index (χ1) is 20.1. The highest BCUT2D eigenvalue weighted by molar-refractivity contribution is 5.99. The summed E-state index contributed by atoms with van der Waals surface area (Å²) >= 11 is 0. The highest BCUT2D eigenvalue weighted by Crippen LogP contribution is 2.28. The highest BCUT2D eigenvalue weighted by atomic mass is 16.4. The Morgan fingerprint density at radius 1 is 0.976 bits per heavy atom. The van der Waals surface area contributed by atoms with E-state index in [0.29, 0.717) is 11.4 Å². The molecule has 1 atom stereocenters. The Morgan fingerprint density at radius 2 is 1.83 bits per heavy atom. The van der Waals surface area contributed by atoms with E-state index in [9.17, 15) is 9.59 Å². The number of hydrogen-bond acceptors (Lipinski definition) is 8. The first-order valence-electron chi connectivity index (χ1n) is 12.9. The fourth-order valence-corrected chi connectivity index (χ4v) is 4.62. The molecule has 1 amide bonds. The van der Waals surface area contributed by atoms with Crippen LogP contribution in [0, 0.1) is 0 Å². The van der Waals surface area contributed by atoms with E-state index in [0.717, 1.165) is 33.7 Å². The molecule has 0 fully saturated rings. The molecular formula is C30H26N8O3. The lowest BCUT2D eigenvalue weighted by Gasteiger charge is -2.27. The van der Waals surface area contributed by atoms with Crippen molar-refractivity contribution in [1.29, 1.82) is 0 Å². The Hall–Kier alpha value is -5.71. The number of carbonyl (C=O) groups is 1. The lowest BCUT2D eigenvalue weighted by Crippen LogP contribution is -2.37. The number of aromatic amines is 2. The van der Waals surface area contributed by atoms with Crippen molar-refractivity contribution in [3.8, 4) is 11.3 Å². The normalized spacial score (nSPS) is 11.7. The Kier molecular flexibility index (Phi) is 6.97. The zero-order valence-electron chi connectivity index (χ0n) is 22.0. The molecular weight excluding hydrogens is 520 g/mol. The molecule has 204 valence electrons. The molecule has 0 saturated heterocycles. The molecule has 0 unspecified atom stereocenters. The zero-order valence-corrected chi connectivity index (χ0v) is 22.0. The monoisotopic (exact) mass is 546 g/mol. The third kappa shape index (κ3) is 5.55. The van der Waals surface area contributed by atoms with Crippen molar-refractivity contribution in [2.24, 2.45) is 0 Å². The molecule has 6 rings (SSSR count). The van der Waals surface area contributed by atoms with E-state index in [1.807, 2.05) is 90.8 Å². The molecule has 0 saturated carbocycles. The number of nitrogens with zero attached hydrogens (tertiary/aromatic N) is 4. The lowest BCUT2D eigenvalue weighted by molar-refractivity contribution is 0.0931. The number of carbonyl (C=O) groups excluding carboxylic acids is 1. The van der Waals surface area contributed by atoms with Crippen molar-refractivity contribution >= 4 is 34.1 Å². The number of amides is 1. The highest BCUT2D eigenvalue weighted by Gasteiger charge is 2.26. The van der Waals surface area contributed by atoms with Gasteiger partial charge in [-0.3, -0.25) is 4.79 Å². The van der Waals surface area contributed by atoms with Gasteiger partial charge in [-0.1, -0.05) is 24.3 Å². The van der Waals surface area contributed by atoms with Crippen molar-refractivity contribution in [3.05, 3.63) is 119 Å². The molecule has 41 heavy (non-hydrogen) atoms. The van der Waals surface area contributed by atoms with Gasteiger partial charge in [0.15, 0.2) is 0 Å². The van der Waals surface area contributed by atoms with E-state index in [-0.39, 0.29) is 18.3 Å². The second kappa shape index (κ2) is 11.2. The summed E-state index contributed by atoms with van der Waals surface area (Å²) in [4.78, 5) is 39.5. The maximum absolute atomic E-state index is 13.6. The Balaban J connectivity index is 1.30. The first-order valence-corrected chi connectivity index (χ1v) is 12.9. The number of para-hydroxylation sites is 1. The van der Waals surface area contributed by atoms with Crippen molar-refractivity contribution in [1.82, 2.24) is 30.5 Å². The van der Waals surface area contributed by atoms with E-state index in [1.165, 1.54) is 0 Å². The molecule has 4 heterocycles. The molecule has 11 heteroatoms. The van der Waals surface area contributed by atoms with Crippen LogP contribution in [0.2, 0.25) is 0 Å². The predicted molar refractivity (Wildman–Crippen MR) is 156 cm³/mol. The average Bonchev–Trinajstić information content (AvgIpc) is 3.66. The van der Waals surface area contributed by atoms with Gasteiger partial charge >= 0.3 is 5.76 Å². The van der Waals surface area contributed by atoms with E-state index in [2.05, 4.69) is 35.8 Å². The molecule has 0 aliphatic heterocycles. The molecule has 0 radical (unpaired) electrons. The Morgan fingerprint density at radius 3 is 2.59 bits per heavy atom. The van der Waals surface area contributed by atoms with Crippen molar-refractivity contribution in [2.45, 2.75) is 6.04 Å². The van der Waals surface area contributed by atoms with Gasteiger partial charge in [0.05, 0.1) is 6.54 Å². The number of rotatable bonds is 9. The van der Waals surface area contributed by atoms with E-state index >= 15 is 0 Å². The summed E-state index contributed by atoms with van der Waals surface area (Å²) in [5.74, 6) is 0.424. The summed E-state index contributed by atoms with van der Waals surface area (Å²) in [5.41, 5.74) is 4.06. The van der Waals surface area contributed by atoms with E-state index in [1.54, 1.807) is 18.5 Å². The fraction of sp³-hybridized carbons (Fsp3) is 0.100. The molecule has 2 aromatic carbocycles. The standard InChI is InChI=1S/C30H26N8O3/c1-31-26-17-19(12-14-32-26)24-16-21-15-20(10-11-23(21)34-24)28(39)35-25(29-36-37-30(40)41-29)18-38(22-7-3-2-4-8-22)27-9-5-6-13-33-27/h2-17,25,34H,18H2,1H3,(H,31,32)(H,35,39)(H,37,40)/t25-/m0/s1. The number of aromatic nitrogens is 5. The summed E-state index contributed by atoms with van der Waals surface area (Å²) in [6.45, 7) is 0.201. The van der Waals surface area contributed by atoms with Crippen LogP contribution in [0.15, 0.2) is 107 Å². The van der Waals surface area contributed by atoms with Crippen molar-refractivity contribution in [2.75, 3.05) is 23.8 Å². The van der Waals surface area contributed by atoms with Crippen LogP contribution in [0.4, 0.5) is 17.3 Å². The molecule has 6 aromatic rings. The molecule has 4 N–H and O–H groups in total. The predicted octanol–water partition coefficient (Wildman–Crippen LogP) is 4.65. The van der Waals surface area contributed by atoms with Gasteiger partial charge in [-0.2, -0.15) is 0 Å². The molecule has 0 aliphatic rings. The minimum Gasteiger partial charge on any atom is -0.390 e. The number of anilines is 3. The molecule has 0 bridgehead atoms. The number of benzene rings is 2. The maximum atomic E-state index is 13.6. The number of hydrogen-bond donors (Lipinski definition) is 4. The summed E-state index contributed by atoms with van der Waals surface area (Å²) in [7, 11) is 1.82. The number of fused-ring (bicyclic) bond motifs is 1. The fourth-order valence-electron chi connectivity index (χ4n) is 4.62. The van der Waals surface area contributed by atoms with Crippen LogP contribution in [0.1, 0.15) is 22.3 Å². The van der Waals surface area contributed by atoms with Gasteiger partial charge in [0.2, 0.25) is 5.89 Å². The third-order valence-electron chi connectivity index (χ3n) is 6.63. The lowest BCUT2D eigenvalue weighted by atomic mass is 10.1. The minimum atomic E-state index is -0.780. The zero-order chi connectivity index (χ0) is 28.2. The van der Waals surface area contributed by atoms with Crippen LogP contribution >= 0.6 is 0 Å². The van der Waals surface area contributed by atoms with Crippen molar-refractivity contribution < 1.29 is 9.21 Å².